The predicted molar refractivity (Wildman–Crippen MR) is 89.0 cm³/mol. The Bertz CT molecular complexity index is 676. The Balaban J connectivity index is 2.09. The smallest absolute Gasteiger partial charge is 0.255 e. The fourth-order valence-electron chi connectivity index (χ4n) is 1.86. The summed E-state index contributed by atoms with van der Waals surface area (Å²) in [7, 11) is 0. The quantitative estimate of drug-likeness (QED) is 0.900. The van der Waals surface area contributed by atoms with Gasteiger partial charge < -0.3 is 10.6 Å². The molecule has 2 amide bonds. The summed E-state index contributed by atoms with van der Waals surface area (Å²) >= 11 is 0. The molecule has 2 aromatic carbocycles. The van der Waals surface area contributed by atoms with Crippen LogP contribution >= 0.6 is 0 Å². The topological polar surface area (TPSA) is 58.2 Å². The lowest BCUT2D eigenvalue weighted by Gasteiger charge is -2.10. The van der Waals surface area contributed by atoms with Gasteiger partial charge >= 0.3 is 0 Å². The fraction of sp³-hybridized carbons (Fsp3) is 0.222. The van der Waals surface area contributed by atoms with E-state index in [0.29, 0.717) is 11.3 Å². The number of amides is 2. The van der Waals surface area contributed by atoms with E-state index in [0.717, 1.165) is 11.3 Å². The minimum absolute atomic E-state index is 0.0731. The molecule has 2 aromatic rings. The monoisotopic (exact) mass is 296 g/mol. The van der Waals surface area contributed by atoms with Gasteiger partial charge in [0.05, 0.1) is 0 Å². The Morgan fingerprint density at radius 1 is 0.909 bits per heavy atom. The molecule has 0 radical (unpaired) electrons. The van der Waals surface area contributed by atoms with Gasteiger partial charge in [0.25, 0.3) is 5.91 Å². The molecule has 0 aliphatic rings. The maximum absolute atomic E-state index is 12.2. The highest BCUT2D eigenvalue weighted by atomic mass is 16.2. The van der Waals surface area contributed by atoms with Crippen molar-refractivity contribution in [2.75, 3.05) is 10.6 Å². The Morgan fingerprint density at radius 3 is 2.23 bits per heavy atom. The SMILES string of the molecule is Cc1ccc(NC(=O)c2cccc(NC(=O)C(C)C)c2)cc1. The molecule has 0 fully saturated rings. The number of rotatable bonds is 4. The van der Waals surface area contributed by atoms with Crippen LogP contribution in [0.5, 0.6) is 0 Å². The molecule has 2 rings (SSSR count). The van der Waals surface area contributed by atoms with Gasteiger partial charge in [-0.1, -0.05) is 37.6 Å². The minimum Gasteiger partial charge on any atom is -0.326 e. The third-order valence-corrected chi connectivity index (χ3v) is 3.23. The van der Waals surface area contributed by atoms with E-state index in [-0.39, 0.29) is 17.7 Å². The molecule has 0 saturated carbocycles. The van der Waals surface area contributed by atoms with Crippen molar-refractivity contribution in [3.63, 3.8) is 0 Å². The van der Waals surface area contributed by atoms with Crippen LogP contribution in [0.15, 0.2) is 48.5 Å². The van der Waals surface area contributed by atoms with Gasteiger partial charge in [-0.05, 0) is 37.3 Å². The molecule has 0 heterocycles. The summed E-state index contributed by atoms with van der Waals surface area (Å²) in [5, 5.41) is 5.63. The van der Waals surface area contributed by atoms with Crippen molar-refractivity contribution in [1.82, 2.24) is 0 Å². The average molecular weight is 296 g/mol. The predicted octanol–water partition coefficient (Wildman–Crippen LogP) is 3.84. The number of benzene rings is 2. The van der Waals surface area contributed by atoms with Gasteiger partial charge in [-0.15, -0.1) is 0 Å². The lowest BCUT2D eigenvalue weighted by atomic mass is 10.1. The second-order valence-electron chi connectivity index (χ2n) is 5.54. The van der Waals surface area contributed by atoms with E-state index < -0.39 is 0 Å². The average Bonchev–Trinajstić information content (AvgIpc) is 2.49. The Hall–Kier alpha value is -2.62. The van der Waals surface area contributed by atoms with Gasteiger partial charge in [-0.3, -0.25) is 9.59 Å². The number of aryl methyl sites for hydroxylation is 1. The van der Waals surface area contributed by atoms with Crippen LogP contribution in [0.1, 0.15) is 29.8 Å². The first-order chi connectivity index (χ1) is 10.5. The second kappa shape index (κ2) is 6.89. The van der Waals surface area contributed by atoms with Crippen molar-refractivity contribution in [3.8, 4) is 0 Å². The number of hydrogen-bond acceptors (Lipinski definition) is 2. The third kappa shape index (κ3) is 4.19. The molecule has 114 valence electrons. The normalized spacial score (nSPS) is 10.4. The van der Waals surface area contributed by atoms with E-state index in [1.54, 1.807) is 24.3 Å². The zero-order valence-corrected chi connectivity index (χ0v) is 13.0. The van der Waals surface area contributed by atoms with Gasteiger partial charge in [0.15, 0.2) is 0 Å². The fourth-order valence-corrected chi connectivity index (χ4v) is 1.86. The van der Waals surface area contributed by atoms with E-state index in [9.17, 15) is 9.59 Å². The van der Waals surface area contributed by atoms with E-state index in [4.69, 9.17) is 0 Å². The summed E-state index contributed by atoms with van der Waals surface area (Å²) in [6, 6.07) is 14.5. The van der Waals surface area contributed by atoms with E-state index in [1.807, 2.05) is 45.0 Å². The molecule has 2 N–H and O–H groups in total. The molecule has 0 bridgehead atoms. The largest absolute Gasteiger partial charge is 0.326 e. The van der Waals surface area contributed by atoms with Gasteiger partial charge in [0.2, 0.25) is 5.91 Å². The number of nitrogens with one attached hydrogen (secondary N) is 2. The number of hydrogen-bond donors (Lipinski definition) is 2. The van der Waals surface area contributed by atoms with Crippen molar-refractivity contribution in [3.05, 3.63) is 59.7 Å². The van der Waals surface area contributed by atoms with Crippen LogP contribution in [0.3, 0.4) is 0 Å². The maximum Gasteiger partial charge on any atom is 0.255 e. The molecule has 0 unspecified atom stereocenters. The second-order valence-corrected chi connectivity index (χ2v) is 5.54. The minimum atomic E-state index is -0.204. The zero-order valence-electron chi connectivity index (χ0n) is 13.0. The Morgan fingerprint density at radius 2 is 1.59 bits per heavy atom. The molecule has 0 atom stereocenters. The van der Waals surface area contributed by atoms with Crippen LogP contribution in [0, 0.1) is 12.8 Å². The highest BCUT2D eigenvalue weighted by Gasteiger charge is 2.10. The Kier molecular flexibility index (Phi) is 4.94. The Labute approximate surface area is 130 Å². The van der Waals surface area contributed by atoms with E-state index in [2.05, 4.69) is 10.6 Å². The molecule has 0 spiro atoms. The standard InChI is InChI=1S/C18H20N2O2/c1-12(2)17(21)20-16-6-4-5-14(11-16)18(22)19-15-9-7-13(3)8-10-15/h4-12H,1-3H3,(H,19,22)(H,20,21). The molecule has 0 saturated heterocycles. The zero-order chi connectivity index (χ0) is 16.1. The molecule has 4 nitrogen and oxygen atoms in total. The maximum atomic E-state index is 12.2. The van der Waals surface area contributed by atoms with Gasteiger partial charge in [0.1, 0.15) is 0 Å². The highest BCUT2D eigenvalue weighted by Crippen LogP contribution is 2.15. The first-order valence-electron chi connectivity index (χ1n) is 7.24. The number of carbonyl (C=O) groups excluding carboxylic acids is 2. The van der Waals surface area contributed by atoms with Crippen LogP contribution < -0.4 is 10.6 Å². The molecule has 22 heavy (non-hydrogen) atoms. The van der Waals surface area contributed by atoms with Crippen molar-refractivity contribution < 1.29 is 9.59 Å². The van der Waals surface area contributed by atoms with Crippen LogP contribution in [0.25, 0.3) is 0 Å². The van der Waals surface area contributed by atoms with Gasteiger partial charge in [-0.25, -0.2) is 0 Å². The summed E-state index contributed by atoms with van der Waals surface area (Å²) < 4.78 is 0. The van der Waals surface area contributed by atoms with Gasteiger partial charge in [0, 0.05) is 22.9 Å². The van der Waals surface area contributed by atoms with Crippen LogP contribution in [-0.4, -0.2) is 11.8 Å². The number of carbonyl (C=O) groups is 2. The summed E-state index contributed by atoms with van der Waals surface area (Å²) in [6.07, 6.45) is 0. The van der Waals surface area contributed by atoms with Crippen molar-refractivity contribution in [1.29, 1.82) is 0 Å². The lowest BCUT2D eigenvalue weighted by Crippen LogP contribution is -2.18. The number of anilines is 2. The van der Waals surface area contributed by atoms with E-state index in [1.165, 1.54) is 0 Å². The molecule has 0 aliphatic carbocycles. The summed E-state index contributed by atoms with van der Waals surface area (Å²) in [6.45, 7) is 5.64. The lowest BCUT2D eigenvalue weighted by molar-refractivity contribution is -0.118. The molecule has 4 heteroatoms. The molecular formula is C18H20N2O2. The third-order valence-electron chi connectivity index (χ3n) is 3.23. The van der Waals surface area contributed by atoms with E-state index >= 15 is 0 Å². The van der Waals surface area contributed by atoms with Crippen LogP contribution in [0.4, 0.5) is 11.4 Å². The van der Waals surface area contributed by atoms with Crippen LogP contribution in [-0.2, 0) is 4.79 Å². The first-order valence-corrected chi connectivity index (χ1v) is 7.24. The summed E-state index contributed by atoms with van der Waals surface area (Å²) in [5.74, 6) is -0.384. The van der Waals surface area contributed by atoms with Gasteiger partial charge in [-0.2, -0.15) is 0 Å². The first kappa shape index (κ1) is 15.8. The molecule has 0 aliphatic heterocycles. The summed E-state index contributed by atoms with van der Waals surface area (Å²) in [4.78, 5) is 24.0. The van der Waals surface area contributed by atoms with Crippen molar-refractivity contribution >= 4 is 23.2 Å². The molecule has 0 aromatic heterocycles. The molecular weight excluding hydrogens is 276 g/mol. The summed E-state index contributed by atoms with van der Waals surface area (Å²) in [5.41, 5.74) is 3.00. The van der Waals surface area contributed by atoms with Crippen molar-refractivity contribution in [2.24, 2.45) is 5.92 Å². The van der Waals surface area contributed by atoms with Crippen LogP contribution in [0.2, 0.25) is 0 Å². The highest BCUT2D eigenvalue weighted by molar-refractivity contribution is 6.05. The van der Waals surface area contributed by atoms with Crippen molar-refractivity contribution in [2.45, 2.75) is 20.8 Å².